The van der Waals surface area contributed by atoms with E-state index in [2.05, 4.69) is 6.58 Å². The highest BCUT2D eigenvalue weighted by molar-refractivity contribution is 5.57. The Bertz CT molecular complexity index is 159. The van der Waals surface area contributed by atoms with E-state index in [9.17, 15) is 9.90 Å². The molecule has 3 atom stereocenters. The molecule has 0 bridgehead atoms. The molecule has 3 N–H and O–H groups in total. The van der Waals surface area contributed by atoms with Gasteiger partial charge in [-0.1, -0.05) is 6.08 Å². The van der Waals surface area contributed by atoms with E-state index in [1.165, 1.54) is 6.08 Å². The Kier molecular flexibility index (Phi) is 6.34. The van der Waals surface area contributed by atoms with Crippen LogP contribution in [0.25, 0.3) is 0 Å². The van der Waals surface area contributed by atoms with E-state index in [0.29, 0.717) is 6.29 Å². The Morgan fingerprint density at radius 1 is 1.46 bits per heavy atom. The molecule has 0 unspecified atom stereocenters. The first-order chi connectivity index (χ1) is 6.17. The summed E-state index contributed by atoms with van der Waals surface area (Å²) < 4.78 is 4.82. The Hall–Kier alpha value is -0.750. The molecule has 0 amide bonds. The molecule has 0 radical (unpaired) electrons. The molecular formula is C8H14O5. The van der Waals surface area contributed by atoms with Gasteiger partial charge in [-0.25, -0.2) is 0 Å². The second kappa shape index (κ2) is 6.73. The number of rotatable bonds is 7. The number of carbonyl (C=O) groups excluding carboxylic acids is 1. The fraction of sp³-hybridized carbons (Fsp3) is 0.625. The van der Waals surface area contributed by atoms with Crippen molar-refractivity contribution in [3.8, 4) is 0 Å². The van der Waals surface area contributed by atoms with Crippen LogP contribution in [0.1, 0.15) is 0 Å². The molecule has 0 rings (SSSR count). The van der Waals surface area contributed by atoms with Gasteiger partial charge in [0.1, 0.15) is 18.3 Å². The maximum Gasteiger partial charge on any atom is 0.151 e. The Morgan fingerprint density at radius 2 is 2.08 bits per heavy atom. The average Bonchev–Trinajstić information content (AvgIpc) is 2.17. The molecule has 0 aromatic heterocycles. The third kappa shape index (κ3) is 4.14. The highest BCUT2D eigenvalue weighted by Gasteiger charge is 2.25. The second-order valence-corrected chi connectivity index (χ2v) is 2.46. The summed E-state index contributed by atoms with van der Waals surface area (Å²) >= 11 is 0. The standard InChI is InChI=1S/C8H14O5/c1-2-3-13-7(5-10)8(12)6(11)4-9/h2,5-9,11-12H,1,3-4H2/t6-,7-,8-/m1/s1. The van der Waals surface area contributed by atoms with Crippen molar-refractivity contribution < 1.29 is 24.9 Å². The lowest BCUT2D eigenvalue weighted by molar-refractivity contribution is -0.134. The molecule has 13 heavy (non-hydrogen) atoms. The molecule has 0 aromatic carbocycles. The van der Waals surface area contributed by atoms with Gasteiger partial charge >= 0.3 is 0 Å². The van der Waals surface area contributed by atoms with Gasteiger partial charge in [-0.3, -0.25) is 0 Å². The minimum absolute atomic E-state index is 0.0958. The number of aldehydes is 1. The van der Waals surface area contributed by atoms with Gasteiger partial charge in [-0.2, -0.15) is 0 Å². The van der Waals surface area contributed by atoms with E-state index in [-0.39, 0.29) is 6.61 Å². The summed E-state index contributed by atoms with van der Waals surface area (Å²) in [6, 6.07) is 0. The van der Waals surface area contributed by atoms with Gasteiger partial charge < -0.3 is 24.9 Å². The number of hydrogen-bond donors (Lipinski definition) is 3. The number of aliphatic hydroxyl groups excluding tert-OH is 3. The molecule has 0 spiro atoms. The van der Waals surface area contributed by atoms with Gasteiger partial charge in [-0.15, -0.1) is 6.58 Å². The van der Waals surface area contributed by atoms with Gasteiger partial charge in [0.15, 0.2) is 6.29 Å². The van der Waals surface area contributed by atoms with E-state index < -0.39 is 24.9 Å². The molecule has 5 nitrogen and oxygen atoms in total. The van der Waals surface area contributed by atoms with Gasteiger partial charge in [0, 0.05) is 0 Å². The fourth-order valence-corrected chi connectivity index (χ4v) is 0.724. The van der Waals surface area contributed by atoms with Crippen LogP contribution in [0.4, 0.5) is 0 Å². The summed E-state index contributed by atoms with van der Waals surface area (Å²) in [5, 5.41) is 26.6. The summed E-state index contributed by atoms with van der Waals surface area (Å²) in [7, 11) is 0. The third-order valence-corrected chi connectivity index (χ3v) is 1.46. The molecule has 0 saturated carbocycles. The number of hydrogen-bond acceptors (Lipinski definition) is 5. The van der Waals surface area contributed by atoms with Gasteiger partial charge in [0.2, 0.25) is 0 Å². The number of aliphatic hydroxyl groups is 3. The summed E-state index contributed by atoms with van der Waals surface area (Å²) in [5.41, 5.74) is 0. The quantitative estimate of drug-likeness (QED) is 0.335. The van der Waals surface area contributed by atoms with Crippen LogP contribution in [0.2, 0.25) is 0 Å². The molecule has 0 saturated heterocycles. The summed E-state index contributed by atoms with van der Waals surface area (Å²) in [4.78, 5) is 10.4. The number of ether oxygens (including phenoxy) is 1. The molecule has 0 aliphatic rings. The average molecular weight is 190 g/mol. The normalized spacial score (nSPS) is 17.5. The van der Waals surface area contributed by atoms with Crippen LogP contribution in [0.3, 0.4) is 0 Å². The van der Waals surface area contributed by atoms with E-state index in [4.69, 9.17) is 14.9 Å². The topological polar surface area (TPSA) is 87.0 Å². The predicted molar refractivity (Wildman–Crippen MR) is 45.1 cm³/mol. The summed E-state index contributed by atoms with van der Waals surface area (Å²) in [6.45, 7) is 2.83. The second-order valence-electron chi connectivity index (χ2n) is 2.46. The van der Waals surface area contributed by atoms with Crippen LogP contribution < -0.4 is 0 Å². The van der Waals surface area contributed by atoms with Crippen molar-refractivity contribution in [3.63, 3.8) is 0 Å². The first-order valence-corrected chi connectivity index (χ1v) is 3.82. The van der Waals surface area contributed by atoms with Crippen molar-refractivity contribution in [2.24, 2.45) is 0 Å². The van der Waals surface area contributed by atoms with Crippen molar-refractivity contribution in [2.75, 3.05) is 13.2 Å². The molecule has 0 fully saturated rings. The first-order valence-electron chi connectivity index (χ1n) is 3.82. The summed E-state index contributed by atoms with van der Waals surface area (Å²) in [5.74, 6) is 0. The predicted octanol–water partition coefficient (Wildman–Crippen LogP) is -1.53. The van der Waals surface area contributed by atoms with Crippen molar-refractivity contribution in [2.45, 2.75) is 18.3 Å². The zero-order valence-corrected chi connectivity index (χ0v) is 7.17. The molecule has 0 aliphatic heterocycles. The van der Waals surface area contributed by atoms with Crippen LogP contribution in [0, 0.1) is 0 Å². The highest BCUT2D eigenvalue weighted by Crippen LogP contribution is 2.02. The van der Waals surface area contributed by atoms with E-state index in [0.717, 1.165) is 0 Å². The number of carbonyl (C=O) groups is 1. The zero-order valence-electron chi connectivity index (χ0n) is 7.17. The van der Waals surface area contributed by atoms with Gasteiger partial charge in [0.25, 0.3) is 0 Å². The summed E-state index contributed by atoms with van der Waals surface area (Å²) in [6.07, 6.45) is -2.15. The lowest BCUT2D eigenvalue weighted by Gasteiger charge is -2.20. The fourth-order valence-electron chi connectivity index (χ4n) is 0.724. The molecule has 5 heteroatoms. The molecule has 0 aliphatic carbocycles. The van der Waals surface area contributed by atoms with Crippen LogP contribution >= 0.6 is 0 Å². The minimum atomic E-state index is -1.41. The van der Waals surface area contributed by atoms with Crippen molar-refractivity contribution in [1.82, 2.24) is 0 Å². The Balaban J connectivity index is 4.04. The van der Waals surface area contributed by atoms with Gasteiger partial charge in [0.05, 0.1) is 13.2 Å². The van der Waals surface area contributed by atoms with Crippen LogP contribution in [-0.4, -0.2) is 53.1 Å². The maximum atomic E-state index is 10.4. The monoisotopic (exact) mass is 190 g/mol. The maximum absolute atomic E-state index is 10.4. The third-order valence-electron chi connectivity index (χ3n) is 1.46. The lowest BCUT2D eigenvalue weighted by atomic mass is 10.1. The first kappa shape index (κ1) is 12.2. The van der Waals surface area contributed by atoms with Crippen molar-refractivity contribution in [3.05, 3.63) is 12.7 Å². The Labute approximate surface area is 76.3 Å². The zero-order chi connectivity index (χ0) is 10.3. The minimum Gasteiger partial charge on any atom is -0.394 e. The highest BCUT2D eigenvalue weighted by atomic mass is 16.5. The van der Waals surface area contributed by atoms with E-state index in [1.807, 2.05) is 0 Å². The van der Waals surface area contributed by atoms with Crippen LogP contribution in [0.15, 0.2) is 12.7 Å². The SMILES string of the molecule is C=CCO[C@H](C=O)[C@H](O)[C@H](O)CO. The molecule has 0 aromatic rings. The molecular weight excluding hydrogens is 176 g/mol. The van der Waals surface area contributed by atoms with Crippen LogP contribution in [-0.2, 0) is 9.53 Å². The largest absolute Gasteiger partial charge is 0.394 e. The smallest absolute Gasteiger partial charge is 0.151 e. The van der Waals surface area contributed by atoms with E-state index >= 15 is 0 Å². The van der Waals surface area contributed by atoms with Gasteiger partial charge in [-0.05, 0) is 0 Å². The Morgan fingerprint density at radius 3 is 2.46 bits per heavy atom. The van der Waals surface area contributed by atoms with Crippen molar-refractivity contribution >= 4 is 6.29 Å². The molecule has 76 valence electrons. The molecule has 0 heterocycles. The lowest BCUT2D eigenvalue weighted by Crippen LogP contribution is -2.42. The van der Waals surface area contributed by atoms with Crippen LogP contribution in [0.5, 0.6) is 0 Å². The van der Waals surface area contributed by atoms with Crippen molar-refractivity contribution in [1.29, 1.82) is 0 Å². The van der Waals surface area contributed by atoms with E-state index in [1.54, 1.807) is 0 Å².